The number of ether oxygens (including phenoxy) is 3. The molecule has 44 heavy (non-hydrogen) atoms. The summed E-state index contributed by atoms with van der Waals surface area (Å²) in [4.78, 5) is 29.2. The number of rotatable bonds is 15. The number of nitrogens with zero attached hydrogens (tertiary/aromatic N) is 2. The lowest BCUT2D eigenvalue weighted by Gasteiger charge is -2.33. The van der Waals surface area contributed by atoms with E-state index in [0.29, 0.717) is 30.2 Å². The van der Waals surface area contributed by atoms with Gasteiger partial charge in [-0.25, -0.2) is 8.42 Å². The van der Waals surface area contributed by atoms with Gasteiger partial charge < -0.3 is 24.4 Å². The molecule has 10 nitrogen and oxygen atoms in total. The summed E-state index contributed by atoms with van der Waals surface area (Å²) in [7, 11) is 0.243. The monoisotopic (exact) mass is 625 g/mol. The van der Waals surface area contributed by atoms with E-state index in [1.807, 2.05) is 33.8 Å². The smallest absolute Gasteiger partial charge is 0.264 e. The molecule has 3 aromatic rings. The molecule has 2 amide bonds. The van der Waals surface area contributed by atoms with Gasteiger partial charge in [-0.15, -0.1) is 0 Å². The summed E-state index contributed by atoms with van der Waals surface area (Å²) in [6, 6.07) is 17.4. The van der Waals surface area contributed by atoms with E-state index in [1.165, 1.54) is 37.3 Å². The molecule has 0 saturated carbocycles. The van der Waals surface area contributed by atoms with Crippen molar-refractivity contribution >= 4 is 27.5 Å². The van der Waals surface area contributed by atoms with Crippen molar-refractivity contribution in [2.24, 2.45) is 5.92 Å². The second kappa shape index (κ2) is 15.5. The Labute approximate surface area is 261 Å². The Morgan fingerprint density at radius 1 is 0.886 bits per heavy atom. The third-order valence-electron chi connectivity index (χ3n) is 7.10. The van der Waals surface area contributed by atoms with E-state index in [9.17, 15) is 18.0 Å². The average molecular weight is 626 g/mol. The zero-order chi connectivity index (χ0) is 32.4. The van der Waals surface area contributed by atoms with Crippen LogP contribution in [0.25, 0.3) is 0 Å². The lowest BCUT2D eigenvalue weighted by molar-refractivity contribution is -0.140. The summed E-state index contributed by atoms with van der Waals surface area (Å²) >= 11 is 0. The van der Waals surface area contributed by atoms with Crippen LogP contribution in [-0.2, 0) is 26.2 Å². The number of amides is 2. The molecule has 0 fully saturated rings. The summed E-state index contributed by atoms with van der Waals surface area (Å²) in [5, 5.41) is 2.93. The van der Waals surface area contributed by atoms with E-state index in [2.05, 4.69) is 5.32 Å². The summed E-state index contributed by atoms with van der Waals surface area (Å²) in [5.41, 5.74) is 1.82. The zero-order valence-electron chi connectivity index (χ0n) is 26.5. The van der Waals surface area contributed by atoms with Crippen molar-refractivity contribution in [3.8, 4) is 17.2 Å². The number of carbonyl (C=O) groups excluding carboxylic acids is 2. The minimum Gasteiger partial charge on any atom is -0.497 e. The number of hydrogen-bond acceptors (Lipinski definition) is 7. The number of anilines is 1. The maximum Gasteiger partial charge on any atom is 0.264 e. The van der Waals surface area contributed by atoms with Gasteiger partial charge >= 0.3 is 0 Å². The van der Waals surface area contributed by atoms with E-state index in [0.717, 1.165) is 15.4 Å². The fraction of sp³-hybridized carbons (Fsp3) is 0.394. The van der Waals surface area contributed by atoms with Crippen molar-refractivity contribution in [2.45, 2.75) is 51.6 Å². The molecule has 1 atom stereocenters. The molecular weight excluding hydrogens is 582 g/mol. The van der Waals surface area contributed by atoms with E-state index >= 15 is 0 Å². The lowest BCUT2D eigenvalue weighted by Crippen LogP contribution is -2.52. The minimum absolute atomic E-state index is 0.0201. The number of carbonyl (C=O) groups is 2. The molecule has 0 spiro atoms. The maximum absolute atomic E-state index is 14.3. The number of aryl methyl sites for hydroxylation is 1. The van der Waals surface area contributed by atoms with Gasteiger partial charge in [0.25, 0.3) is 10.0 Å². The van der Waals surface area contributed by atoms with Crippen LogP contribution in [0.1, 0.15) is 38.3 Å². The molecular formula is C33H43N3O7S. The van der Waals surface area contributed by atoms with Gasteiger partial charge in [-0.2, -0.15) is 0 Å². The van der Waals surface area contributed by atoms with Crippen LogP contribution >= 0.6 is 0 Å². The van der Waals surface area contributed by atoms with Crippen LogP contribution in [0.2, 0.25) is 0 Å². The van der Waals surface area contributed by atoms with Crippen LogP contribution < -0.4 is 23.8 Å². The molecule has 0 bridgehead atoms. The van der Waals surface area contributed by atoms with Gasteiger partial charge in [0.05, 0.1) is 31.9 Å². The molecule has 0 aliphatic heterocycles. The fourth-order valence-corrected chi connectivity index (χ4v) is 6.06. The lowest BCUT2D eigenvalue weighted by atomic mass is 10.1. The molecule has 0 saturated heterocycles. The first-order valence-electron chi connectivity index (χ1n) is 14.5. The number of nitrogens with one attached hydrogen (secondary N) is 1. The van der Waals surface area contributed by atoms with E-state index in [4.69, 9.17) is 14.2 Å². The van der Waals surface area contributed by atoms with Gasteiger partial charge in [0, 0.05) is 19.2 Å². The Morgan fingerprint density at radius 2 is 1.57 bits per heavy atom. The number of sulfonamides is 1. The molecule has 0 radical (unpaired) electrons. The Hall–Kier alpha value is -4.25. The van der Waals surface area contributed by atoms with E-state index in [-0.39, 0.29) is 29.0 Å². The molecule has 0 aromatic heterocycles. The Balaban J connectivity index is 2.11. The molecule has 3 aromatic carbocycles. The minimum atomic E-state index is -4.23. The van der Waals surface area contributed by atoms with Crippen LogP contribution in [0.3, 0.4) is 0 Å². The van der Waals surface area contributed by atoms with Crippen LogP contribution in [0.5, 0.6) is 17.2 Å². The summed E-state index contributed by atoms with van der Waals surface area (Å²) < 4.78 is 45.5. The van der Waals surface area contributed by atoms with Crippen molar-refractivity contribution < 1.29 is 32.2 Å². The van der Waals surface area contributed by atoms with Gasteiger partial charge in [0.1, 0.15) is 18.3 Å². The topological polar surface area (TPSA) is 114 Å². The molecule has 3 rings (SSSR count). The van der Waals surface area contributed by atoms with Crippen LogP contribution in [0.4, 0.5) is 5.69 Å². The first-order valence-corrected chi connectivity index (χ1v) is 15.9. The highest BCUT2D eigenvalue weighted by atomic mass is 32.2. The Morgan fingerprint density at radius 3 is 2.16 bits per heavy atom. The van der Waals surface area contributed by atoms with Gasteiger partial charge in [0.2, 0.25) is 11.8 Å². The predicted octanol–water partition coefficient (Wildman–Crippen LogP) is 4.80. The summed E-state index contributed by atoms with van der Waals surface area (Å²) in [5.74, 6) is 0.652. The summed E-state index contributed by atoms with van der Waals surface area (Å²) in [6.45, 7) is 7.58. The zero-order valence-corrected chi connectivity index (χ0v) is 27.3. The van der Waals surface area contributed by atoms with Crippen LogP contribution in [0.15, 0.2) is 71.6 Å². The van der Waals surface area contributed by atoms with Gasteiger partial charge in [-0.3, -0.25) is 13.9 Å². The average Bonchev–Trinajstić information content (AvgIpc) is 3.02. The van der Waals surface area contributed by atoms with Gasteiger partial charge in [-0.05, 0) is 61.2 Å². The van der Waals surface area contributed by atoms with Crippen molar-refractivity contribution in [3.63, 3.8) is 0 Å². The normalized spacial score (nSPS) is 11.9. The van der Waals surface area contributed by atoms with Gasteiger partial charge in [0.15, 0.2) is 11.5 Å². The van der Waals surface area contributed by atoms with E-state index < -0.39 is 28.5 Å². The molecule has 0 aliphatic carbocycles. The largest absolute Gasteiger partial charge is 0.497 e. The van der Waals surface area contributed by atoms with Crippen molar-refractivity contribution in [3.05, 3.63) is 77.9 Å². The molecule has 1 N–H and O–H groups in total. The van der Waals surface area contributed by atoms with Gasteiger partial charge in [-0.1, -0.05) is 50.6 Å². The number of methoxy groups -OCH3 is 3. The SMILES string of the molecule is CCC(C(=O)NCC(C)C)N(Cc1cccc(OC)c1)C(=O)CN(c1ccc(OC)c(OC)c1)S(=O)(=O)c1ccc(C)cc1. The van der Waals surface area contributed by atoms with Crippen molar-refractivity contribution in [2.75, 3.05) is 38.7 Å². The van der Waals surface area contributed by atoms with Crippen molar-refractivity contribution in [1.82, 2.24) is 10.2 Å². The highest BCUT2D eigenvalue weighted by molar-refractivity contribution is 7.92. The number of benzene rings is 3. The van der Waals surface area contributed by atoms with Crippen LogP contribution in [-0.4, -0.2) is 65.6 Å². The Bertz CT molecular complexity index is 1520. The first-order chi connectivity index (χ1) is 20.9. The third-order valence-corrected chi connectivity index (χ3v) is 8.89. The standard InChI is InChI=1S/C33H43N3O7S/c1-8-29(33(38)34-20-23(2)3)35(21-25-10-9-11-27(18-25)41-5)32(37)22-36(26-14-17-30(42-6)31(19-26)43-7)44(39,40)28-15-12-24(4)13-16-28/h9-19,23,29H,8,20-22H2,1-7H3,(H,34,38). The molecule has 0 aliphatic rings. The quantitative estimate of drug-likeness (QED) is 0.258. The predicted molar refractivity (Wildman–Crippen MR) is 171 cm³/mol. The van der Waals surface area contributed by atoms with E-state index in [1.54, 1.807) is 49.6 Å². The highest BCUT2D eigenvalue weighted by Crippen LogP contribution is 2.34. The second-order valence-electron chi connectivity index (χ2n) is 10.8. The Kier molecular flexibility index (Phi) is 12.0. The molecule has 0 heterocycles. The maximum atomic E-state index is 14.3. The molecule has 1 unspecified atom stereocenters. The molecule has 238 valence electrons. The first kappa shape index (κ1) is 34.2. The summed E-state index contributed by atoms with van der Waals surface area (Å²) in [6.07, 6.45) is 0.320. The highest BCUT2D eigenvalue weighted by Gasteiger charge is 2.34. The fourth-order valence-electron chi connectivity index (χ4n) is 4.66. The van der Waals surface area contributed by atoms with Crippen LogP contribution in [0, 0.1) is 12.8 Å². The third kappa shape index (κ3) is 8.43. The number of hydrogen-bond donors (Lipinski definition) is 1. The molecule has 11 heteroatoms. The van der Waals surface area contributed by atoms with Crippen molar-refractivity contribution in [1.29, 1.82) is 0 Å². The second-order valence-corrected chi connectivity index (χ2v) is 12.7.